The van der Waals surface area contributed by atoms with Crippen molar-refractivity contribution < 1.29 is 14.3 Å². The summed E-state index contributed by atoms with van der Waals surface area (Å²) in [5.74, 6) is 1.30. The van der Waals surface area contributed by atoms with E-state index in [0.29, 0.717) is 37.6 Å². The number of guanidine groups is 1. The molecule has 0 saturated carbocycles. The first-order valence-electron chi connectivity index (χ1n) is 8.60. The molecule has 0 radical (unpaired) electrons. The minimum absolute atomic E-state index is 0.176. The molecule has 0 aliphatic heterocycles. The fourth-order valence-electron chi connectivity index (χ4n) is 2.16. The lowest BCUT2D eigenvalue weighted by molar-refractivity contribution is -0.143. The molecule has 1 rings (SSSR count). The van der Waals surface area contributed by atoms with Crippen LogP contribution in [0.1, 0.15) is 32.3 Å². The second kappa shape index (κ2) is 12.4. The van der Waals surface area contributed by atoms with Crippen LogP contribution >= 0.6 is 11.6 Å². The summed E-state index contributed by atoms with van der Waals surface area (Å²) >= 11 is 6.24. The molecule has 25 heavy (non-hydrogen) atoms. The van der Waals surface area contributed by atoms with Gasteiger partial charge in [0, 0.05) is 31.1 Å². The molecular weight excluding hydrogens is 342 g/mol. The zero-order valence-corrected chi connectivity index (χ0v) is 16.0. The number of aliphatic imine (C=N–C) groups is 1. The molecule has 2 N–H and O–H groups in total. The molecule has 0 amide bonds. The van der Waals surface area contributed by atoms with E-state index in [1.807, 2.05) is 25.1 Å². The van der Waals surface area contributed by atoms with Crippen LogP contribution < -0.4 is 15.4 Å². The molecule has 0 saturated heterocycles. The maximum absolute atomic E-state index is 11.3. The third-order valence-electron chi connectivity index (χ3n) is 3.41. The van der Waals surface area contributed by atoms with Crippen molar-refractivity contribution in [1.82, 2.24) is 10.6 Å². The molecule has 0 unspecified atom stereocenters. The van der Waals surface area contributed by atoms with Gasteiger partial charge >= 0.3 is 5.97 Å². The van der Waals surface area contributed by atoms with E-state index in [9.17, 15) is 4.79 Å². The summed E-state index contributed by atoms with van der Waals surface area (Å²) < 4.78 is 10.0. The molecule has 6 nitrogen and oxygen atoms in total. The summed E-state index contributed by atoms with van der Waals surface area (Å²) in [5.41, 5.74) is 1.05. The molecule has 140 valence electrons. The number of hydrogen-bond donors (Lipinski definition) is 2. The van der Waals surface area contributed by atoms with Crippen molar-refractivity contribution in [2.45, 2.75) is 33.1 Å². The first kappa shape index (κ1) is 21.1. The van der Waals surface area contributed by atoms with Gasteiger partial charge < -0.3 is 20.1 Å². The van der Waals surface area contributed by atoms with E-state index in [1.54, 1.807) is 14.0 Å². The minimum atomic E-state index is -0.176. The largest absolute Gasteiger partial charge is 0.497 e. The van der Waals surface area contributed by atoms with Gasteiger partial charge in [-0.1, -0.05) is 17.7 Å². The summed E-state index contributed by atoms with van der Waals surface area (Å²) in [7, 11) is 1.62. The minimum Gasteiger partial charge on any atom is -0.497 e. The van der Waals surface area contributed by atoms with Gasteiger partial charge in [-0.15, -0.1) is 0 Å². The topological polar surface area (TPSA) is 72.0 Å². The van der Waals surface area contributed by atoms with E-state index in [-0.39, 0.29) is 5.97 Å². The number of ether oxygens (including phenoxy) is 2. The predicted molar refractivity (Wildman–Crippen MR) is 102 cm³/mol. The molecule has 1 aromatic carbocycles. The molecule has 1 aromatic rings. The Labute approximate surface area is 154 Å². The van der Waals surface area contributed by atoms with Crippen molar-refractivity contribution in [3.63, 3.8) is 0 Å². The maximum atomic E-state index is 11.3. The number of rotatable bonds is 10. The summed E-state index contributed by atoms with van der Waals surface area (Å²) in [6.45, 7) is 6.27. The van der Waals surface area contributed by atoms with E-state index in [0.717, 1.165) is 30.2 Å². The van der Waals surface area contributed by atoms with Crippen molar-refractivity contribution >= 4 is 23.5 Å². The van der Waals surface area contributed by atoms with Crippen LogP contribution in [0.3, 0.4) is 0 Å². The molecule has 0 aromatic heterocycles. The second-order valence-corrected chi connectivity index (χ2v) is 5.71. The number of halogens is 1. The van der Waals surface area contributed by atoms with Crippen molar-refractivity contribution in [3.8, 4) is 5.75 Å². The number of nitrogens with zero attached hydrogens (tertiary/aromatic N) is 1. The average Bonchev–Trinajstić information content (AvgIpc) is 2.60. The fourth-order valence-corrected chi connectivity index (χ4v) is 2.43. The third-order valence-corrected chi connectivity index (χ3v) is 3.76. The molecule has 0 bridgehead atoms. The van der Waals surface area contributed by atoms with Crippen molar-refractivity contribution in [2.75, 3.05) is 33.4 Å². The normalized spacial score (nSPS) is 11.1. The monoisotopic (exact) mass is 369 g/mol. The predicted octanol–water partition coefficient (Wildman–Crippen LogP) is 2.79. The van der Waals surface area contributed by atoms with Gasteiger partial charge in [0.15, 0.2) is 5.96 Å². The molecule has 0 fully saturated rings. The summed E-state index contributed by atoms with van der Waals surface area (Å²) in [5, 5.41) is 7.15. The molecule has 0 aliphatic rings. The quantitative estimate of drug-likeness (QED) is 0.287. The molecule has 0 heterocycles. The first-order valence-corrected chi connectivity index (χ1v) is 8.98. The lowest BCUT2D eigenvalue weighted by Gasteiger charge is -2.12. The number of benzene rings is 1. The fraction of sp³-hybridized carbons (Fsp3) is 0.556. The zero-order chi connectivity index (χ0) is 18.5. The number of carbonyl (C=O) groups excluding carboxylic acids is 1. The highest BCUT2D eigenvalue weighted by atomic mass is 35.5. The Morgan fingerprint density at radius 2 is 2.08 bits per heavy atom. The van der Waals surface area contributed by atoms with Gasteiger partial charge in [0.05, 0.1) is 13.7 Å². The Balaban J connectivity index is 2.41. The Hall–Kier alpha value is -1.95. The Bertz CT molecular complexity index is 564. The molecular formula is C18H28ClN3O3. The Kier molecular flexibility index (Phi) is 10.5. The van der Waals surface area contributed by atoms with Gasteiger partial charge in [-0.2, -0.15) is 0 Å². The number of hydrogen-bond acceptors (Lipinski definition) is 4. The van der Waals surface area contributed by atoms with E-state index >= 15 is 0 Å². The van der Waals surface area contributed by atoms with Crippen LogP contribution in [0.5, 0.6) is 5.75 Å². The van der Waals surface area contributed by atoms with Crippen molar-refractivity contribution in [2.24, 2.45) is 4.99 Å². The lowest BCUT2D eigenvalue weighted by atomic mass is 10.1. The van der Waals surface area contributed by atoms with Gasteiger partial charge in [0.25, 0.3) is 0 Å². The number of nitrogens with one attached hydrogen (secondary N) is 2. The van der Waals surface area contributed by atoms with E-state index in [4.69, 9.17) is 21.1 Å². The Morgan fingerprint density at radius 1 is 1.28 bits per heavy atom. The smallest absolute Gasteiger partial charge is 0.305 e. The summed E-state index contributed by atoms with van der Waals surface area (Å²) in [6, 6.07) is 5.67. The van der Waals surface area contributed by atoms with E-state index in [2.05, 4.69) is 15.6 Å². The van der Waals surface area contributed by atoms with Crippen molar-refractivity contribution in [3.05, 3.63) is 28.8 Å². The third kappa shape index (κ3) is 8.63. The summed E-state index contributed by atoms with van der Waals surface area (Å²) in [4.78, 5) is 15.8. The maximum Gasteiger partial charge on any atom is 0.305 e. The highest BCUT2D eigenvalue weighted by molar-refractivity contribution is 6.31. The standard InChI is InChI=1S/C18H28ClN3O3/c1-4-20-18(21-11-6-7-17(23)25-5-2)22-12-10-14-8-9-15(24-3)13-16(14)19/h8-9,13H,4-7,10-12H2,1-3H3,(H2,20,21,22). The van der Waals surface area contributed by atoms with Crippen LogP contribution in [0.2, 0.25) is 5.02 Å². The van der Waals surface area contributed by atoms with E-state index < -0.39 is 0 Å². The Morgan fingerprint density at radius 3 is 2.72 bits per heavy atom. The number of esters is 1. The average molecular weight is 370 g/mol. The molecule has 0 aliphatic carbocycles. The van der Waals surface area contributed by atoms with E-state index in [1.165, 1.54) is 0 Å². The van der Waals surface area contributed by atoms with Crippen molar-refractivity contribution in [1.29, 1.82) is 0 Å². The van der Waals surface area contributed by atoms with Crippen LogP contribution in [0.25, 0.3) is 0 Å². The SMILES string of the molecule is CCNC(=NCCCC(=O)OCC)NCCc1ccc(OC)cc1Cl. The van der Waals surface area contributed by atoms with Gasteiger partial charge in [-0.05, 0) is 44.4 Å². The highest BCUT2D eigenvalue weighted by Crippen LogP contribution is 2.22. The van der Waals surface area contributed by atoms with Crippen LogP contribution in [-0.4, -0.2) is 45.3 Å². The molecule has 0 atom stereocenters. The van der Waals surface area contributed by atoms with Crippen LogP contribution in [0.4, 0.5) is 0 Å². The number of carbonyl (C=O) groups is 1. The van der Waals surface area contributed by atoms with Gasteiger partial charge in [-0.25, -0.2) is 0 Å². The first-order chi connectivity index (χ1) is 12.1. The second-order valence-electron chi connectivity index (χ2n) is 5.30. The lowest BCUT2D eigenvalue weighted by Crippen LogP contribution is -2.38. The van der Waals surface area contributed by atoms with Crippen LogP contribution in [0.15, 0.2) is 23.2 Å². The molecule has 0 spiro atoms. The van der Waals surface area contributed by atoms with Crippen LogP contribution in [-0.2, 0) is 16.0 Å². The van der Waals surface area contributed by atoms with Gasteiger partial charge in [-0.3, -0.25) is 9.79 Å². The zero-order valence-electron chi connectivity index (χ0n) is 15.2. The molecule has 7 heteroatoms. The number of methoxy groups -OCH3 is 1. The van der Waals surface area contributed by atoms with Gasteiger partial charge in [0.2, 0.25) is 0 Å². The summed E-state index contributed by atoms with van der Waals surface area (Å²) in [6.07, 6.45) is 1.83. The van der Waals surface area contributed by atoms with Gasteiger partial charge in [0.1, 0.15) is 5.75 Å². The highest BCUT2D eigenvalue weighted by Gasteiger charge is 2.04. The van der Waals surface area contributed by atoms with Crippen LogP contribution in [0, 0.1) is 0 Å².